The van der Waals surface area contributed by atoms with Crippen molar-refractivity contribution >= 4 is 55.5 Å². The summed E-state index contributed by atoms with van der Waals surface area (Å²) in [6.07, 6.45) is 12.6. The lowest BCUT2D eigenvalue weighted by Crippen LogP contribution is -2.10. The fourth-order valence-electron chi connectivity index (χ4n) is 4.76. The topological polar surface area (TPSA) is 91.0 Å². The van der Waals surface area contributed by atoms with E-state index in [0.717, 1.165) is 53.4 Å². The van der Waals surface area contributed by atoms with Crippen molar-refractivity contribution in [2.75, 3.05) is 12.3 Å². The summed E-state index contributed by atoms with van der Waals surface area (Å²) in [5.74, 6) is 0.429. The van der Waals surface area contributed by atoms with Crippen LogP contribution in [0.15, 0.2) is 24.5 Å². The monoisotopic (exact) mass is 526 g/mol. The molecule has 4 heterocycles. The van der Waals surface area contributed by atoms with Crippen LogP contribution in [0.25, 0.3) is 21.6 Å². The number of halogens is 1. The van der Waals surface area contributed by atoms with E-state index in [4.69, 9.17) is 27.1 Å². The number of aromatic nitrogens is 3. The number of nitrogens with zero attached hydrogens (tertiary/aromatic N) is 3. The lowest BCUT2D eigenvalue weighted by atomic mass is 9.95. The Kier molecular flexibility index (Phi) is 7.32. The Morgan fingerprint density at radius 1 is 1.00 bits per heavy atom. The van der Waals surface area contributed by atoms with Gasteiger partial charge in [-0.15, -0.1) is 22.7 Å². The molecule has 0 aromatic carbocycles. The number of aryl methyl sites for hydroxylation is 3. The number of carbonyl (C=O) groups excluding carboxylic acids is 1. The Morgan fingerprint density at radius 2 is 1.66 bits per heavy atom. The zero-order valence-corrected chi connectivity index (χ0v) is 22.0. The molecule has 4 aromatic heterocycles. The maximum absolute atomic E-state index is 11.7. The molecule has 0 atom stereocenters. The van der Waals surface area contributed by atoms with Gasteiger partial charge in [-0.05, 0) is 81.5 Å². The van der Waals surface area contributed by atoms with Crippen LogP contribution < -0.4 is 5.73 Å². The van der Waals surface area contributed by atoms with Crippen molar-refractivity contribution in [1.29, 1.82) is 0 Å². The molecule has 0 spiro atoms. The molecule has 0 saturated carbocycles. The van der Waals surface area contributed by atoms with E-state index < -0.39 is 0 Å². The Labute approximate surface area is 217 Å². The molecule has 0 unspecified atom stereocenters. The first-order chi connectivity index (χ1) is 17.1. The van der Waals surface area contributed by atoms with Crippen LogP contribution in [0.4, 0.5) is 5.00 Å². The molecule has 2 aliphatic rings. The second kappa shape index (κ2) is 10.6. The molecule has 2 aliphatic carbocycles. The summed E-state index contributed by atoms with van der Waals surface area (Å²) in [6.45, 7) is 2.22. The number of thiophene rings is 2. The van der Waals surface area contributed by atoms with Gasteiger partial charge in [0, 0.05) is 27.7 Å². The van der Waals surface area contributed by atoms with Crippen LogP contribution in [0.5, 0.6) is 0 Å². The van der Waals surface area contributed by atoms with Crippen LogP contribution in [0.1, 0.15) is 63.8 Å². The number of fused-ring (bicyclic) bond motifs is 4. The highest BCUT2D eigenvalue weighted by atomic mass is 35.5. The molecule has 6 nitrogen and oxygen atoms in total. The first-order valence-corrected chi connectivity index (χ1v) is 14.0. The number of hydrogen-bond acceptors (Lipinski definition) is 8. The normalized spacial score (nSPS) is 14.6. The summed E-state index contributed by atoms with van der Waals surface area (Å²) in [6, 6.07) is 3.82. The first-order valence-electron chi connectivity index (χ1n) is 12.0. The minimum absolute atomic E-state index is 0.255. The highest BCUT2D eigenvalue weighted by Crippen LogP contribution is 2.39. The van der Waals surface area contributed by atoms with Crippen molar-refractivity contribution in [3.63, 3.8) is 0 Å². The number of carbonyl (C=O) groups is 1. The minimum Gasteiger partial charge on any atom is -0.462 e. The number of nitrogen functional groups attached to an aromatic ring is 1. The maximum atomic E-state index is 11.7. The molecule has 0 saturated heterocycles. The van der Waals surface area contributed by atoms with E-state index in [1.807, 2.05) is 19.1 Å². The van der Waals surface area contributed by atoms with Gasteiger partial charge >= 0.3 is 5.97 Å². The SMILES string of the molecule is CCOC(=O)c1c(N)sc2c1CCCC2.Clc1nc(-c2ccncc2)nc2sc3c(c12)CCCC3. The van der Waals surface area contributed by atoms with Crippen LogP contribution in [0, 0.1) is 0 Å². The van der Waals surface area contributed by atoms with Gasteiger partial charge in [-0.3, -0.25) is 4.98 Å². The molecule has 6 rings (SSSR count). The van der Waals surface area contributed by atoms with Gasteiger partial charge in [0.15, 0.2) is 5.82 Å². The summed E-state index contributed by atoms with van der Waals surface area (Å²) in [7, 11) is 0. The van der Waals surface area contributed by atoms with Crippen molar-refractivity contribution < 1.29 is 9.53 Å². The third kappa shape index (κ3) is 4.92. The van der Waals surface area contributed by atoms with E-state index in [0.29, 0.717) is 28.1 Å². The highest BCUT2D eigenvalue weighted by molar-refractivity contribution is 7.19. The van der Waals surface area contributed by atoms with Crippen LogP contribution >= 0.6 is 34.3 Å². The van der Waals surface area contributed by atoms with E-state index in [-0.39, 0.29) is 5.97 Å². The van der Waals surface area contributed by atoms with Gasteiger partial charge in [0.1, 0.15) is 15.0 Å². The van der Waals surface area contributed by atoms with Gasteiger partial charge in [0.25, 0.3) is 0 Å². The number of anilines is 1. The van der Waals surface area contributed by atoms with Crippen molar-refractivity contribution in [2.24, 2.45) is 0 Å². The van der Waals surface area contributed by atoms with Gasteiger partial charge in [0.2, 0.25) is 0 Å². The van der Waals surface area contributed by atoms with Gasteiger partial charge in [0.05, 0.1) is 17.6 Å². The zero-order valence-electron chi connectivity index (χ0n) is 19.6. The molecule has 4 aromatic rings. The number of pyridine rings is 1. The number of rotatable bonds is 3. The maximum Gasteiger partial charge on any atom is 0.341 e. The number of hydrogen-bond donors (Lipinski definition) is 1. The third-order valence-electron chi connectivity index (χ3n) is 6.39. The van der Waals surface area contributed by atoms with Crippen molar-refractivity contribution in [2.45, 2.75) is 58.3 Å². The Morgan fingerprint density at radius 3 is 2.37 bits per heavy atom. The number of ether oxygens (including phenoxy) is 1. The lowest BCUT2D eigenvalue weighted by molar-refractivity contribution is 0.0526. The van der Waals surface area contributed by atoms with Crippen LogP contribution in [0.2, 0.25) is 5.15 Å². The molecule has 0 bridgehead atoms. The van der Waals surface area contributed by atoms with Crippen LogP contribution in [-0.4, -0.2) is 27.5 Å². The summed E-state index contributed by atoms with van der Waals surface area (Å²) < 4.78 is 5.02. The summed E-state index contributed by atoms with van der Waals surface area (Å²) in [5.41, 5.74) is 9.98. The summed E-state index contributed by atoms with van der Waals surface area (Å²) in [5, 5.41) is 2.28. The van der Waals surface area contributed by atoms with Crippen molar-refractivity contribution in [3.8, 4) is 11.4 Å². The quantitative estimate of drug-likeness (QED) is 0.237. The second-order valence-electron chi connectivity index (χ2n) is 8.64. The van der Waals surface area contributed by atoms with E-state index in [1.165, 1.54) is 34.6 Å². The molecule has 0 radical (unpaired) electrons. The fraction of sp³-hybridized carbons (Fsp3) is 0.385. The second-order valence-corrected chi connectivity index (χ2v) is 11.2. The van der Waals surface area contributed by atoms with E-state index >= 15 is 0 Å². The van der Waals surface area contributed by atoms with Crippen LogP contribution in [-0.2, 0) is 30.4 Å². The number of nitrogens with two attached hydrogens (primary N) is 1. The van der Waals surface area contributed by atoms with Crippen molar-refractivity contribution in [1.82, 2.24) is 15.0 Å². The number of esters is 1. The molecule has 182 valence electrons. The molecule has 0 fully saturated rings. The Hall–Kier alpha value is -2.55. The van der Waals surface area contributed by atoms with Gasteiger partial charge in [-0.2, -0.15) is 0 Å². The Balaban J connectivity index is 0.000000152. The smallest absolute Gasteiger partial charge is 0.341 e. The first kappa shape index (κ1) is 24.2. The van der Waals surface area contributed by atoms with Gasteiger partial charge < -0.3 is 10.5 Å². The zero-order chi connectivity index (χ0) is 24.4. The average Bonchev–Trinajstić information content (AvgIpc) is 3.42. The van der Waals surface area contributed by atoms with E-state index in [2.05, 4.69) is 9.97 Å². The standard InChI is InChI=1S/C15H12ClN3S.C11H15NO2S/c16-13-12-10-3-1-2-4-11(10)20-15(12)19-14(18-13)9-5-7-17-8-6-9;1-2-14-11(13)9-7-5-3-4-6-8(7)15-10(9)12/h5-8H,1-4H2;2-6,12H2,1H3. The average molecular weight is 527 g/mol. The molecule has 9 heteroatoms. The summed E-state index contributed by atoms with van der Waals surface area (Å²) >= 11 is 9.75. The van der Waals surface area contributed by atoms with Gasteiger partial charge in [-0.25, -0.2) is 14.8 Å². The predicted molar refractivity (Wildman–Crippen MR) is 144 cm³/mol. The van der Waals surface area contributed by atoms with Crippen LogP contribution in [0.3, 0.4) is 0 Å². The molecular weight excluding hydrogens is 500 g/mol. The van der Waals surface area contributed by atoms with Crippen molar-refractivity contribution in [3.05, 3.63) is 56.1 Å². The fourth-order valence-corrected chi connectivity index (χ4v) is 7.51. The van der Waals surface area contributed by atoms with Gasteiger partial charge in [-0.1, -0.05) is 11.6 Å². The molecule has 2 N–H and O–H groups in total. The Bertz CT molecular complexity index is 1370. The third-order valence-corrected chi connectivity index (χ3v) is 8.97. The van der Waals surface area contributed by atoms with E-state index in [1.54, 1.807) is 35.1 Å². The predicted octanol–water partition coefficient (Wildman–Crippen LogP) is 6.67. The largest absolute Gasteiger partial charge is 0.462 e. The van der Waals surface area contributed by atoms with E-state index in [9.17, 15) is 4.79 Å². The lowest BCUT2D eigenvalue weighted by Gasteiger charge is -2.11. The molecular formula is C26H27ClN4O2S2. The molecule has 0 aliphatic heterocycles. The molecule has 0 amide bonds. The highest BCUT2D eigenvalue weighted by Gasteiger charge is 2.25. The summed E-state index contributed by atoms with van der Waals surface area (Å²) in [4.78, 5) is 28.7. The minimum atomic E-state index is -0.255. The molecule has 35 heavy (non-hydrogen) atoms.